The van der Waals surface area contributed by atoms with Crippen LogP contribution in [0.1, 0.15) is 5.56 Å². The number of amides is 1. The summed E-state index contributed by atoms with van der Waals surface area (Å²) in [7, 11) is 1.97. The number of hydrogen-bond donors (Lipinski definition) is 2. The van der Waals surface area contributed by atoms with Gasteiger partial charge >= 0.3 is 0 Å². The monoisotopic (exact) mass is 431 g/mol. The Labute approximate surface area is 179 Å². The standard InChI is InChI=1S/C21H23Cl2N5O/c1-27-19-8-7-17(28(12-10-22)13-11-23)14-18(19)26-21(27)25-16-5-2-15(3-6-16)4-9-20(24)29/h2-9,14H,10-13H2,1H3,(H2,24,29)(H,25,26). The highest BCUT2D eigenvalue weighted by Crippen LogP contribution is 2.26. The van der Waals surface area contributed by atoms with Gasteiger partial charge in [0, 0.05) is 49.3 Å². The molecule has 0 aliphatic carbocycles. The SMILES string of the molecule is Cn1c(Nc2ccc(C=CC(N)=O)cc2)nc2cc(N(CCCl)CCCl)ccc21. The van der Waals surface area contributed by atoms with Gasteiger partial charge in [0.15, 0.2) is 0 Å². The molecule has 6 nitrogen and oxygen atoms in total. The number of benzene rings is 2. The number of aromatic nitrogens is 2. The van der Waals surface area contributed by atoms with Crippen molar-refractivity contribution in [1.82, 2.24) is 9.55 Å². The molecule has 8 heteroatoms. The molecule has 152 valence electrons. The molecule has 0 fully saturated rings. The van der Waals surface area contributed by atoms with Gasteiger partial charge in [-0.2, -0.15) is 0 Å². The first kappa shape index (κ1) is 21.0. The van der Waals surface area contributed by atoms with Crippen molar-refractivity contribution in [3.05, 3.63) is 54.1 Å². The summed E-state index contributed by atoms with van der Waals surface area (Å²) in [5.74, 6) is 1.34. The predicted molar refractivity (Wildman–Crippen MR) is 122 cm³/mol. The summed E-state index contributed by atoms with van der Waals surface area (Å²) in [6.07, 6.45) is 3.01. The van der Waals surface area contributed by atoms with E-state index in [-0.39, 0.29) is 0 Å². The first-order chi connectivity index (χ1) is 14.0. The van der Waals surface area contributed by atoms with Gasteiger partial charge < -0.3 is 20.5 Å². The highest BCUT2D eigenvalue weighted by molar-refractivity contribution is 6.18. The van der Waals surface area contributed by atoms with Crippen LogP contribution in [-0.4, -0.2) is 40.3 Å². The lowest BCUT2D eigenvalue weighted by Gasteiger charge is -2.22. The van der Waals surface area contributed by atoms with E-state index in [4.69, 9.17) is 33.9 Å². The van der Waals surface area contributed by atoms with Gasteiger partial charge in [-0.15, -0.1) is 23.2 Å². The van der Waals surface area contributed by atoms with Crippen LogP contribution in [0.3, 0.4) is 0 Å². The first-order valence-electron chi connectivity index (χ1n) is 9.20. The van der Waals surface area contributed by atoms with Crippen molar-refractivity contribution in [2.24, 2.45) is 12.8 Å². The number of primary amides is 1. The Bertz CT molecular complexity index is 1010. The van der Waals surface area contributed by atoms with Gasteiger partial charge in [0.2, 0.25) is 11.9 Å². The minimum absolute atomic E-state index is 0.470. The van der Waals surface area contributed by atoms with Crippen molar-refractivity contribution in [2.45, 2.75) is 0 Å². The molecule has 1 amide bonds. The molecule has 3 rings (SSSR count). The van der Waals surface area contributed by atoms with E-state index in [2.05, 4.69) is 28.4 Å². The Kier molecular flexibility index (Phi) is 7.01. The van der Waals surface area contributed by atoms with Crippen molar-refractivity contribution in [3.63, 3.8) is 0 Å². The summed E-state index contributed by atoms with van der Waals surface area (Å²) in [5.41, 5.74) is 9.87. The number of nitrogens with one attached hydrogen (secondary N) is 1. The van der Waals surface area contributed by atoms with E-state index in [9.17, 15) is 4.79 Å². The van der Waals surface area contributed by atoms with Gasteiger partial charge in [0.25, 0.3) is 0 Å². The normalized spacial score (nSPS) is 11.3. The molecule has 3 aromatic rings. The molecule has 0 spiro atoms. The van der Waals surface area contributed by atoms with Crippen LogP contribution in [0.25, 0.3) is 17.1 Å². The minimum atomic E-state index is -0.470. The van der Waals surface area contributed by atoms with Crippen molar-refractivity contribution in [2.75, 3.05) is 35.1 Å². The Hall–Kier alpha value is -2.70. The fourth-order valence-electron chi connectivity index (χ4n) is 3.06. The van der Waals surface area contributed by atoms with Crippen LogP contribution >= 0.6 is 23.2 Å². The van der Waals surface area contributed by atoms with Crippen LogP contribution in [-0.2, 0) is 11.8 Å². The van der Waals surface area contributed by atoms with Gasteiger partial charge in [-0.1, -0.05) is 12.1 Å². The average molecular weight is 432 g/mol. The van der Waals surface area contributed by atoms with Gasteiger partial charge in [0.05, 0.1) is 11.0 Å². The van der Waals surface area contributed by atoms with E-state index in [1.165, 1.54) is 6.08 Å². The second-order valence-corrected chi connectivity index (χ2v) is 7.27. The lowest BCUT2D eigenvalue weighted by atomic mass is 10.2. The third kappa shape index (κ3) is 5.22. The molecule has 0 bridgehead atoms. The third-order valence-corrected chi connectivity index (χ3v) is 4.88. The van der Waals surface area contributed by atoms with Crippen LogP contribution < -0.4 is 16.0 Å². The highest BCUT2D eigenvalue weighted by Gasteiger charge is 2.12. The molecule has 0 saturated carbocycles. The van der Waals surface area contributed by atoms with Crippen LogP contribution in [0.2, 0.25) is 0 Å². The van der Waals surface area contributed by atoms with E-state index in [0.717, 1.165) is 47.0 Å². The van der Waals surface area contributed by atoms with Gasteiger partial charge in [0.1, 0.15) is 0 Å². The molecule has 0 atom stereocenters. The quantitative estimate of drug-likeness (QED) is 0.394. The average Bonchev–Trinajstić information content (AvgIpc) is 3.02. The van der Waals surface area contributed by atoms with E-state index in [1.54, 1.807) is 6.08 Å². The van der Waals surface area contributed by atoms with E-state index >= 15 is 0 Å². The number of anilines is 3. The van der Waals surface area contributed by atoms with Crippen molar-refractivity contribution in [1.29, 1.82) is 0 Å². The zero-order chi connectivity index (χ0) is 20.8. The molecular formula is C21H23Cl2N5O. The molecule has 0 aliphatic rings. The fourth-order valence-corrected chi connectivity index (χ4v) is 3.46. The summed E-state index contributed by atoms with van der Waals surface area (Å²) in [6.45, 7) is 1.46. The number of aryl methyl sites for hydroxylation is 1. The highest BCUT2D eigenvalue weighted by atomic mass is 35.5. The lowest BCUT2D eigenvalue weighted by Crippen LogP contribution is -2.27. The van der Waals surface area contributed by atoms with E-state index in [0.29, 0.717) is 11.8 Å². The number of hydrogen-bond acceptors (Lipinski definition) is 4. The summed E-state index contributed by atoms with van der Waals surface area (Å²) in [4.78, 5) is 17.7. The van der Waals surface area contributed by atoms with Crippen LogP contribution in [0, 0.1) is 0 Å². The summed E-state index contributed by atoms with van der Waals surface area (Å²) >= 11 is 11.8. The second-order valence-electron chi connectivity index (χ2n) is 6.52. The largest absolute Gasteiger partial charge is 0.369 e. The van der Waals surface area contributed by atoms with E-state index in [1.807, 2.05) is 35.9 Å². The Morgan fingerprint density at radius 3 is 2.48 bits per heavy atom. The maximum atomic E-state index is 10.8. The number of rotatable bonds is 9. The number of carbonyl (C=O) groups excluding carboxylic acids is 1. The predicted octanol–water partition coefficient (Wildman–Crippen LogP) is 4.10. The number of halogens is 2. The number of imidazole rings is 1. The Morgan fingerprint density at radius 1 is 1.17 bits per heavy atom. The molecule has 1 heterocycles. The minimum Gasteiger partial charge on any atom is -0.369 e. The molecule has 3 N–H and O–H groups in total. The smallest absolute Gasteiger partial charge is 0.241 e. The second kappa shape index (κ2) is 9.67. The van der Waals surface area contributed by atoms with Crippen molar-refractivity contribution >= 4 is 63.5 Å². The number of fused-ring (bicyclic) bond motifs is 1. The summed E-state index contributed by atoms with van der Waals surface area (Å²) < 4.78 is 2.01. The molecule has 1 aromatic heterocycles. The molecule has 0 aliphatic heterocycles. The summed E-state index contributed by atoms with van der Waals surface area (Å²) in [5, 5.41) is 3.33. The van der Waals surface area contributed by atoms with Gasteiger partial charge in [-0.05, 0) is 42.0 Å². The number of nitrogens with zero attached hydrogens (tertiary/aromatic N) is 3. The fraction of sp³-hybridized carbons (Fsp3) is 0.238. The van der Waals surface area contributed by atoms with Crippen LogP contribution in [0.5, 0.6) is 0 Å². The van der Waals surface area contributed by atoms with Crippen molar-refractivity contribution < 1.29 is 4.79 Å². The Morgan fingerprint density at radius 2 is 1.86 bits per heavy atom. The maximum Gasteiger partial charge on any atom is 0.241 e. The molecule has 29 heavy (non-hydrogen) atoms. The maximum absolute atomic E-state index is 10.8. The van der Waals surface area contributed by atoms with E-state index < -0.39 is 5.91 Å². The molecule has 0 saturated heterocycles. The lowest BCUT2D eigenvalue weighted by molar-refractivity contribution is -0.113. The number of alkyl halides is 2. The van der Waals surface area contributed by atoms with Gasteiger partial charge in [-0.25, -0.2) is 4.98 Å². The summed E-state index contributed by atoms with van der Waals surface area (Å²) in [6, 6.07) is 13.8. The molecular weight excluding hydrogens is 409 g/mol. The third-order valence-electron chi connectivity index (χ3n) is 4.55. The number of nitrogens with two attached hydrogens (primary N) is 1. The first-order valence-corrected chi connectivity index (χ1v) is 10.3. The molecule has 0 radical (unpaired) electrons. The topological polar surface area (TPSA) is 76.2 Å². The van der Waals surface area contributed by atoms with Crippen LogP contribution in [0.15, 0.2) is 48.5 Å². The Balaban J connectivity index is 1.83. The van der Waals surface area contributed by atoms with Crippen LogP contribution in [0.4, 0.5) is 17.3 Å². The zero-order valence-corrected chi connectivity index (χ0v) is 17.6. The number of carbonyl (C=O) groups is 1. The molecule has 0 unspecified atom stereocenters. The van der Waals surface area contributed by atoms with Crippen molar-refractivity contribution in [3.8, 4) is 0 Å². The zero-order valence-electron chi connectivity index (χ0n) is 16.1. The van der Waals surface area contributed by atoms with Gasteiger partial charge in [-0.3, -0.25) is 4.79 Å². The molecule has 2 aromatic carbocycles.